The van der Waals surface area contributed by atoms with Gasteiger partial charge in [-0.3, -0.25) is 14.9 Å². The first kappa shape index (κ1) is 14.3. The summed E-state index contributed by atoms with van der Waals surface area (Å²) in [6.45, 7) is 1.64. The molecule has 1 aromatic carbocycles. The van der Waals surface area contributed by atoms with E-state index in [1.807, 2.05) is 0 Å². The van der Waals surface area contributed by atoms with Crippen molar-refractivity contribution in [3.8, 4) is 5.75 Å². The number of rotatable bonds is 5. The zero-order valence-electron chi connectivity index (χ0n) is 11.4. The fourth-order valence-electron chi connectivity index (χ4n) is 2.32. The predicted molar refractivity (Wildman–Crippen MR) is 73.6 cm³/mol. The van der Waals surface area contributed by atoms with Crippen molar-refractivity contribution in [2.45, 2.75) is 44.8 Å². The SMILES string of the molecule is C[C@@H](Oc1cccc([N+](=O)[O-])c1)C(=O)NC1CCCC1. The average Bonchev–Trinajstić information content (AvgIpc) is 2.91. The molecule has 1 aliphatic carbocycles. The highest BCUT2D eigenvalue weighted by molar-refractivity contribution is 5.81. The van der Waals surface area contributed by atoms with E-state index in [2.05, 4.69) is 5.32 Å². The first-order valence-electron chi connectivity index (χ1n) is 6.78. The molecule has 1 saturated carbocycles. The molecular formula is C14H18N2O4. The Morgan fingerprint density at radius 1 is 1.45 bits per heavy atom. The third-order valence-electron chi connectivity index (χ3n) is 3.41. The van der Waals surface area contributed by atoms with Crippen LogP contribution in [0.3, 0.4) is 0 Å². The second-order valence-electron chi connectivity index (χ2n) is 5.00. The van der Waals surface area contributed by atoms with Crippen LogP contribution in [0.2, 0.25) is 0 Å². The van der Waals surface area contributed by atoms with E-state index in [4.69, 9.17) is 4.74 Å². The van der Waals surface area contributed by atoms with Crippen molar-refractivity contribution in [3.63, 3.8) is 0 Å². The zero-order valence-corrected chi connectivity index (χ0v) is 11.4. The number of nitrogens with zero attached hydrogens (tertiary/aromatic N) is 1. The van der Waals surface area contributed by atoms with E-state index >= 15 is 0 Å². The molecule has 6 heteroatoms. The molecule has 0 heterocycles. The number of nitro groups is 1. The normalized spacial score (nSPS) is 16.6. The molecule has 1 atom stereocenters. The van der Waals surface area contributed by atoms with Crippen LogP contribution < -0.4 is 10.1 Å². The molecule has 1 amide bonds. The van der Waals surface area contributed by atoms with Gasteiger partial charge in [0.15, 0.2) is 6.10 Å². The van der Waals surface area contributed by atoms with Crippen LogP contribution in [0.25, 0.3) is 0 Å². The number of amides is 1. The Morgan fingerprint density at radius 2 is 2.15 bits per heavy atom. The van der Waals surface area contributed by atoms with Crippen LogP contribution in [-0.2, 0) is 4.79 Å². The molecule has 2 rings (SSSR count). The van der Waals surface area contributed by atoms with Crippen molar-refractivity contribution < 1.29 is 14.5 Å². The van der Waals surface area contributed by atoms with Gasteiger partial charge in [0.05, 0.1) is 11.0 Å². The Balaban J connectivity index is 1.92. The summed E-state index contributed by atoms with van der Waals surface area (Å²) in [5.41, 5.74) is -0.0501. The summed E-state index contributed by atoms with van der Waals surface area (Å²) in [7, 11) is 0. The second-order valence-corrected chi connectivity index (χ2v) is 5.00. The van der Waals surface area contributed by atoms with Crippen LogP contribution in [0.5, 0.6) is 5.75 Å². The van der Waals surface area contributed by atoms with Crippen molar-refractivity contribution >= 4 is 11.6 Å². The highest BCUT2D eigenvalue weighted by Crippen LogP contribution is 2.21. The number of hydrogen-bond acceptors (Lipinski definition) is 4. The number of nitrogens with one attached hydrogen (secondary N) is 1. The third-order valence-corrected chi connectivity index (χ3v) is 3.41. The summed E-state index contributed by atoms with van der Waals surface area (Å²) in [5, 5.41) is 13.6. The van der Waals surface area contributed by atoms with Gasteiger partial charge in [0, 0.05) is 12.1 Å². The number of benzene rings is 1. The smallest absolute Gasteiger partial charge is 0.273 e. The van der Waals surface area contributed by atoms with Crippen LogP contribution >= 0.6 is 0 Å². The predicted octanol–water partition coefficient (Wildman–Crippen LogP) is 2.42. The molecule has 1 fully saturated rings. The van der Waals surface area contributed by atoms with Crippen molar-refractivity contribution in [2.75, 3.05) is 0 Å². The van der Waals surface area contributed by atoms with Gasteiger partial charge >= 0.3 is 0 Å². The standard InChI is InChI=1S/C14H18N2O4/c1-10(14(17)15-11-5-2-3-6-11)20-13-8-4-7-12(9-13)16(18)19/h4,7-11H,2-3,5-6H2,1H3,(H,15,17)/t10-/m1/s1. The van der Waals surface area contributed by atoms with Gasteiger partial charge in [-0.25, -0.2) is 0 Å². The molecule has 1 aromatic rings. The monoisotopic (exact) mass is 278 g/mol. The Hall–Kier alpha value is -2.11. The van der Waals surface area contributed by atoms with Gasteiger partial charge in [0.1, 0.15) is 5.75 Å². The van der Waals surface area contributed by atoms with Crippen molar-refractivity contribution in [2.24, 2.45) is 0 Å². The van der Waals surface area contributed by atoms with E-state index in [1.165, 1.54) is 18.2 Å². The molecule has 6 nitrogen and oxygen atoms in total. The maximum Gasteiger partial charge on any atom is 0.273 e. The van der Waals surface area contributed by atoms with E-state index in [1.54, 1.807) is 13.0 Å². The second kappa shape index (κ2) is 6.36. The number of hydrogen-bond donors (Lipinski definition) is 1. The number of carbonyl (C=O) groups excluding carboxylic acids is 1. The summed E-state index contributed by atoms with van der Waals surface area (Å²) >= 11 is 0. The number of carbonyl (C=O) groups is 1. The molecule has 1 aliphatic rings. The van der Waals surface area contributed by atoms with Gasteiger partial charge < -0.3 is 10.1 Å². The van der Waals surface area contributed by atoms with Crippen molar-refractivity contribution in [1.82, 2.24) is 5.32 Å². The number of non-ortho nitro benzene ring substituents is 1. The lowest BCUT2D eigenvalue weighted by atomic mass is 10.2. The first-order chi connectivity index (χ1) is 9.56. The number of nitro benzene ring substituents is 1. The maximum absolute atomic E-state index is 12.0. The van der Waals surface area contributed by atoms with Crippen LogP contribution in [0, 0.1) is 10.1 Å². The molecule has 0 aromatic heterocycles. The molecule has 108 valence electrons. The number of ether oxygens (including phenoxy) is 1. The molecule has 0 bridgehead atoms. The summed E-state index contributed by atoms with van der Waals surface area (Å²) in [4.78, 5) is 22.1. The highest BCUT2D eigenvalue weighted by Gasteiger charge is 2.22. The Bertz CT molecular complexity index is 498. The zero-order chi connectivity index (χ0) is 14.5. The van der Waals surface area contributed by atoms with Gasteiger partial charge in [0.25, 0.3) is 11.6 Å². The minimum atomic E-state index is -0.669. The fourth-order valence-corrected chi connectivity index (χ4v) is 2.32. The Morgan fingerprint density at radius 3 is 2.80 bits per heavy atom. The van der Waals surface area contributed by atoms with Crippen LogP contribution in [0.4, 0.5) is 5.69 Å². The van der Waals surface area contributed by atoms with Gasteiger partial charge in [-0.2, -0.15) is 0 Å². The summed E-state index contributed by atoms with van der Waals surface area (Å²) in [6.07, 6.45) is 3.64. The molecule has 0 spiro atoms. The summed E-state index contributed by atoms with van der Waals surface area (Å²) < 4.78 is 5.46. The lowest BCUT2D eigenvalue weighted by Crippen LogP contribution is -2.41. The summed E-state index contributed by atoms with van der Waals surface area (Å²) in [5.74, 6) is 0.150. The van der Waals surface area contributed by atoms with Crippen LogP contribution in [0.15, 0.2) is 24.3 Å². The molecular weight excluding hydrogens is 260 g/mol. The fraction of sp³-hybridized carbons (Fsp3) is 0.500. The molecule has 20 heavy (non-hydrogen) atoms. The highest BCUT2D eigenvalue weighted by atomic mass is 16.6. The van der Waals surface area contributed by atoms with E-state index in [9.17, 15) is 14.9 Å². The van der Waals surface area contributed by atoms with E-state index < -0.39 is 11.0 Å². The topological polar surface area (TPSA) is 81.5 Å². The largest absolute Gasteiger partial charge is 0.481 e. The van der Waals surface area contributed by atoms with Crippen molar-refractivity contribution in [1.29, 1.82) is 0 Å². The van der Waals surface area contributed by atoms with E-state index in [-0.39, 0.29) is 17.6 Å². The first-order valence-corrected chi connectivity index (χ1v) is 6.78. The Kier molecular flexibility index (Phi) is 4.55. The molecule has 0 unspecified atom stereocenters. The minimum absolute atomic E-state index is 0.0501. The molecule has 1 N–H and O–H groups in total. The molecule has 0 radical (unpaired) electrons. The Labute approximate surface area is 117 Å². The molecule has 0 aliphatic heterocycles. The minimum Gasteiger partial charge on any atom is -0.481 e. The van der Waals surface area contributed by atoms with Gasteiger partial charge in [-0.05, 0) is 25.8 Å². The third kappa shape index (κ3) is 3.69. The van der Waals surface area contributed by atoms with E-state index in [0.717, 1.165) is 25.7 Å². The van der Waals surface area contributed by atoms with Crippen molar-refractivity contribution in [3.05, 3.63) is 34.4 Å². The lowest BCUT2D eigenvalue weighted by Gasteiger charge is -2.17. The summed E-state index contributed by atoms with van der Waals surface area (Å²) in [6, 6.07) is 6.08. The van der Waals surface area contributed by atoms with Crippen LogP contribution in [0.1, 0.15) is 32.6 Å². The quantitative estimate of drug-likeness (QED) is 0.662. The van der Waals surface area contributed by atoms with Gasteiger partial charge in [-0.15, -0.1) is 0 Å². The van der Waals surface area contributed by atoms with E-state index in [0.29, 0.717) is 5.75 Å². The average molecular weight is 278 g/mol. The van der Waals surface area contributed by atoms with Gasteiger partial charge in [-0.1, -0.05) is 18.9 Å². The lowest BCUT2D eigenvalue weighted by molar-refractivity contribution is -0.384. The van der Waals surface area contributed by atoms with Crippen LogP contribution in [-0.4, -0.2) is 23.0 Å². The molecule has 0 saturated heterocycles. The van der Waals surface area contributed by atoms with Gasteiger partial charge in [0.2, 0.25) is 0 Å². The maximum atomic E-state index is 12.0.